The third kappa shape index (κ3) is 2.85. The molecule has 1 saturated carbocycles. The first-order valence-corrected chi connectivity index (χ1v) is 7.15. The minimum absolute atomic E-state index is 0.0850. The highest BCUT2D eigenvalue weighted by molar-refractivity contribution is 5.77. The summed E-state index contributed by atoms with van der Waals surface area (Å²) < 4.78 is 5.81. The number of fused-ring (bicyclic) bond motifs is 1. The molecule has 1 fully saturated rings. The quantitative estimate of drug-likeness (QED) is 0.908. The van der Waals surface area contributed by atoms with E-state index in [2.05, 4.69) is 0 Å². The van der Waals surface area contributed by atoms with Gasteiger partial charge in [0.2, 0.25) is 0 Å². The summed E-state index contributed by atoms with van der Waals surface area (Å²) >= 11 is 0. The highest BCUT2D eigenvalue weighted by Crippen LogP contribution is 2.26. The Hall–Kier alpha value is -1.81. The molecule has 1 N–H and O–H groups in total. The minimum atomic E-state index is -0.770. The summed E-state index contributed by atoms with van der Waals surface area (Å²) in [7, 11) is 0. The van der Waals surface area contributed by atoms with E-state index in [1.807, 2.05) is 35.2 Å². The van der Waals surface area contributed by atoms with E-state index >= 15 is 0 Å². The van der Waals surface area contributed by atoms with Crippen molar-refractivity contribution in [1.82, 2.24) is 4.90 Å². The van der Waals surface area contributed by atoms with Crippen LogP contribution in [0.25, 0.3) is 11.0 Å². The van der Waals surface area contributed by atoms with Crippen LogP contribution in [0.3, 0.4) is 0 Å². The van der Waals surface area contributed by atoms with Crippen molar-refractivity contribution >= 4 is 16.9 Å². The van der Waals surface area contributed by atoms with Crippen molar-refractivity contribution in [3.8, 4) is 0 Å². The summed E-state index contributed by atoms with van der Waals surface area (Å²) in [6.07, 6.45) is 4.57. The molecule has 20 heavy (non-hydrogen) atoms. The zero-order valence-electron chi connectivity index (χ0n) is 11.4. The zero-order valence-corrected chi connectivity index (χ0v) is 11.4. The molecule has 0 saturated heterocycles. The van der Waals surface area contributed by atoms with Crippen molar-refractivity contribution in [2.45, 2.75) is 38.3 Å². The van der Waals surface area contributed by atoms with Crippen LogP contribution in [0, 0.1) is 0 Å². The van der Waals surface area contributed by atoms with Crippen LogP contribution in [-0.2, 0) is 11.3 Å². The molecule has 0 amide bonds. The van der Waals surface area contributed by atoms with Gasteiger partial charge in [-0.15, -0.1) is 0 Å². The maximum atomic E-state index is 11.1. The molecule has 0 bridgehead atoms. The second-order valence-electron chi connectivity index (χ2n) is 5.49. The lowest BCUT2D eigenvalue weighted by atomic mass is 10.2. The fourth-order valence-corrected chi connectivity index (χ4v) is 3.07. The molecular weight excluding hydrogens is 254 g/mol. The molecule has 2 aromatic rings. The summed E-state index contributed by atoms with van der Waals surface area (Å²) in [5.41, 5.74) is 0.865. The number of carboxylic acids is 1. The van der Waals surface area contributed by atoms with Crippen molar-refractivity contribution in [1.29, 1.82) is 0 Å². The van der Waals surface area contributed by atoms with Gasteiger partial charge in [0.15, 0.2) is 0 Å². The highest BCUT2D eigenvalue weighted by atomic mass is 16.4. The Morgan fingerprint density at radius 1 is 1.30 bits per heavy atom. The van der Waals surface area contributed by atoms with Gasteiger partial charge in [-0.25, -0.2) is 0 Å². The number of carbonyl (C=O) groups is 1. The summed E-state index contributed by atoms with van der Waals surface area (Å²) in [5, 5.41) is 10.2. The van der Waals surface area contributed by atoms with Gasteiger partial charge in [0, 0.05) is 11.4 Å². The van der Waals surface area contributed by atoms with Crippen LogP contribution in [0.5, 0.6) is 0 Å². The second kappa shape index (κ2) is 5.67. The molecular formula is C16H19NO3. The number of benzene rings is 1. The van der Waals surface area contributed by atoms with E-state index in [1.54, 1.807) is 0 Å². The van der Waals surface area contributed by atoms with Crippen LogP contribution in [-0.4, -0.2) is 28.6 Å². The van der Waals surface area contributed by atoms with Crippen LogP contribution in [0.4, 0.5) is 0 Å². The van der Waals surface area contributed by atoms with Gasteiger partial charge in [0.25, 0.3) is 0 Å². The van der Waals surface area contributed by atoms with E-state index in [0.29, 0.717) is 12.6 Å². The average Bonchev–Trinajstić information content (AvgIpc) is 3.06. The standard InChI is InChI=1S/C16H19NO3/c18-16(19)11-17(13-6-2-3-7-13)10-14-9-12-5-1-4-8-15(12)20-14/h1,4-5,8-9,13H,2-3,6-7,10-11H2,(H,18,19). The van der Waals surface area contributed by atoms with Gasteiger partial charge >= 0.3 is 5.97 Å². The number of nitrogens with zero attached hydrogens (tertiary/aromatic N) is 1. The first-order valence-electron chi connectivity index (χ1n) is 7.15. The third-order valence-corrected chi connectivity index (χ3v) is 4.01. The monoisotopic (exact) mass is 273 g/mol. The topological polar surface area (TPSA) is 53.7 Å². The number of furan rings is 1. The molecule has 1 aromatic carbocycles. The Kier molecular flexibility index (Phi) is 3.74. The summed E-state index contributed by atoms with van der Waals surface area (Å²) in [5.74, 6) is 0.0763. The molecule has 106 valence electrons. The van der Waals surface area contributed by atoms with Crippen molar-refractivity contribution in [3.63, 3.8) is 0 Å². The minimum Gasteiger partial charge on any atom is -0.480 e. The van der Waals surface area contributed by atoms with Gasteiger partial charge in [-0.1, -0.05) is 31.0 Å². The lowest BCUT2D eigenvalue weighted by molar-refractivity contribution is -0.139. The largest absolute Gasteiger partial charge is 0.480 e. The van der Waals surface area contributed by atoms with Crippen molar-refractivity contribution in [2.24, 2.45) is 0 Å². The van der Waals surface area contributed by atoms with Gasteiger partial charge in [0.05, 0.1) is 13.1 Å². The maximum absolute atomic E-state index is 11.1. The molecule has 4 heteroatoms. The summed E-state index contributed by atoms with van der Waals surface area (Å²) in [6.45, 7) is 0.660. The lowest BCUT2D eigenvalue weighted by Crippen LogP contribution is -2.36. The number of hydrogen-bond donors (Lipinski definition) is 1. The molecule has 1 heterocycles. The number of hydrogen-bond acceptors (Lipinski definition) is 3. The third-order valence-electron chi connectivity index (χ3n) is 4.01. The summed E-state index contributed by atoms with van der Waals surface area (Å²) in [4.78, 5) is 13.1. The van der Waals surface area contributed by atoms with Gasteiger partial charge in [-0.3, -0.25) is 9.69 Å². The van der Waals surface area contributed by atoms with E-state index < -0.39 is 5.97 Å². The maximum Gasteiger partial charge on any atom is 0.317 e. The zero-order chi connectivity index (χ0) is 13.9. The predicted molar refractivity (Wildman–Crippen MR) is 76.5 cm³/mol. The molecule has 0 radical (unpaired) electrons. The Balaban J connectivity index is 1.78. The number of rotatable bonds is 5. The van der Waals surface area contributed by atoms with Gasteiger partial charge in [0.1, 0.15) is 11.3 Å². The van der Waals surface area contributed by atoms with Crippen LogP contribution in [0.15, 0.2) is 34.7 Å². The Labute approximate surface area is 118 Å². The van der Waals surface area contributed by atoms with Crippen molar-refractivity contribution in [2.75, 3.05) is 6.54 Å². The predicted octanol–water partition coefficient (Wildman–Crippen LogP) is 3.26. The molecule has 0 atom stereocenters. The number of para-hydroxylation sites is 1. The molecule has 1 aliphatic carbocycles. The van der Waals surface area contributed by atoms with Crippen molar-refractivity contribution < 1.29 is 14.3 Å². The van der Waals surface area contributed by atoms with Gasteiger partial charge < -0.3 is 9.52 Å². The van der Waals surface area contributed by atoms with E-state index in [-0.39, 0.29) is 6.54 Å². The van der Waals surface area contributed by atoms with Crippen LogP contribution in [0.2, 0.25) is 0 Å². The molecule has 4 nitrogen and oxygen atoms in total. The second-order valence-corrected chi connectivity index (χ2v) is 5.49. The SMILES string of the molecule is O=C(O)CN(Cc1cc2ccccc2o1)C1CCCC1. The van der Waals surface area contributed by atoms with Gasteiger partial charge in [-0.05, 0) is 25.0 Å². The van der Waals surface area contributed by atoms with E-state index in [1.165, 1.54) is 12.8 Å². The van der Waals surface area contributed by atoms with Crippen LogP contribution < -0.4 is 0 Å². The average molecular weight is 273 g/mol. The fourth-order valence-electron chi connectivity index (χ4n) is 3.07. The molecule has 0 spiro atoms. The first-order chi connectivity index (χ1) is 9.72. The van der Waals surface area contributed by atoms with Crippen LogP contribution >= 0.6 is 0 Å². The van der Waals surface area contributed by atoms with E-state index in [9.17, 15) is 4.79 Å². The fraction of sp³-hybridized carbons (Fsp3) is 0.438. The Morgan fingerprint density at radius 3 is 2.75 bits per heavy atom. The highest BCUT2D eigenvalue weighted by Gasteiger charge is 2.25. The normalized spacial score (nSPS) is 16.2. The summed E-state index contributed by atoms with van der Waals surface area (Å²) in [6, 6.07) is 10.3. The molecule has 1 aromatic heterocycles. The van der Waals surface area contributed by atoms with E-state index in [0.717, 1.165) is 29.6 Å². The molecule has 0 unspecified atom stereocenters. The Morgan fingerprint density at radius 2 is 2.05 bits per heavy atom. The molecule has 1 aliphatic rings. The molecule has 3 rings (SSSR count). The Bertz CT molecular complexity index is 566. The van der Waals surface area contributed by atoms with Crippen LogP contribution in [0.1, 0.15) is 31.4 Å². The number of carboxylic acid groups (broad SMARTS) is 1. The smallest absolute Gasteiger partial charge is 0.317 e. The number of aliphatic carboxylic acids is 1. The first kappa shape index (κ1) is 13.2. The van der Waals surface area contributed by atoms with Gasteiger partial charge in [-0.2, -0.15) is 0 Å². The lowest BCUT2D eigenvalue weighted by Gasteiger charge is -2.25. The molecule has 0 aliphatic heterocycles. The van der Waals surface area contributed by atoms with Crippen molar-refractivity contribution in [3.05, 3.63) is 36.1 Å². The van der Waals surface area contributed by atoms with E-state index in [4.69, 9.17) is 9.52 Å².